The average Bonchev–Trinajstić information content (AvgIpc) is 2.15. The molecule has 2 nitrogen and oxygen atoms in total. The highest BCUT2D eigenvalue weighted by Gasteiger charge is 2.20. The highest BCUT2D eigenvalue weighted by atomic mass is 79.9. The van der Waals surface area contributed by atoms with Crippen LogP contribution in [0.15, 0.2) is 0 Å². The van der Waals surface area contributed by atoms with E-state index in [4.69, 9.17) is 0 Å². The molecule has 1 unspecified atom stereocenters. The molecule has 98 valence electrons. The summed E-state index contributed by atoms with van der Waals surface area (Å²) in [7, 11) is -2.76. The fourth-order valence-corrected chi connectivity index (χ4v) is 2.66. The topological polar surface area (TPSA) is 34.1 Å². The zero-order valence-electron chi connectivity index (χ0n) is 10.9. The van der Waals surface area contributed by atoms with Gasteiger partial charge in [0.2, 0.25) is 0 Å². The Morgan fingerprint density at radius 2 is 1.69 bits per heavy atom. The Balaban J connectivity index is 3.63. The van der Waals surface area contributed by atoms with Crippen LogP contribution >= 0.6 is 15.9 Å². The molecule has 0 fully saturated rings. The van der Waals surface area contributed by atoms with Gasteiger partial charge in [-0.25, -0.2) is 8.42 Å². The van der Waals surface area contributed by atoms with E-state index in [9.17, 15) is 8.42 Å². The van der Waals surface area contributed by atoms with Crippen molar-refractivity contribution in [2.45, 2.75) is 58.2 Å². The van der Waals surface area contributed by atoms with Gasteiger partial charge >= 0.3 is 0 Å². The van der Waals surface area contributed by atoms with Crippen LogP contribution in [0.5, 0.6) is 0 Å². The monoisotopic (exact) mass is 312 g/mol. The van der Waals surface area contributed by atoms with E-state index in [1.807, 2.05) is 0 Å². The maximum Gasteiger partial charge on any atom is 0.150 e. The summed E-state index contributed by atoms with van der Waals surface area (Å²) < 4.78 is 22.5. The Bertz CT molecular complexity index is 278. The summed E-state index contributed by atoms with van der Waals surface area (Å²) in [5.74, 6) is 0.627. The third kappa shape index (κ3) is 7.66. The highest BCUT2D eigenvalue weighted by Crippen LogP contribution is 2.30. The second-order valence-electron chi connectivity index (χ2n) is 5.42. The number of sulfone groups is 1. The van der Waals surface area contributed by atoms with Crippen molar-refractivity contribution in [1.29, 1.82) is 0 Å². The van der Waals surface area contributed by atoms with Crippen LogP contribution in [-0.2, 0) is 9.84 Å². The predicted octanol–water partition coefficient (Wildman–Crippen LogP) is 3.79. The van der Waals surface area contributed by atoms with E-state index >= 15 is 0 Å². The molecule has 0 saturated heterocycles. The quantitative estimate of drug-likeness (QED) is 0.529. The lowest BCUT2D eigenvalue weighted by atomic mass is 9.89. The first-order chi connectivity index (χ1) is 7.19. The third-order valence-corrected chi connectivity index (χ3v) is 6.41. The number of unbranched alkanes of at least 4 members (excludes halogenated alkanes) is 2. The van der Waals surface area contributed by atoms with Gasteiger partial charge in [-0.05, 0) is 18.3 Å². The van der Waals surface area contributed by atoms with Crippen molar-refractivity contribution in [3.05, 3.63) is 0 Å². The van der Waals surface area contributed by atoms with Crippen molar-refractivity contribution in [3.63, 3.8) is 0 Å². The fourth-order valence-electron chi connectivity index (χ4n) is 1.40. The first-order valence-corrected chi connectivity index (χ1v) is 8.77. The van der Waals surface area contributed by atoms with Crippen LogP contribution in [0.4, 0.5) is 0 Å². The van der Waals surface area contributed by atoms with Crippen molar-refractivity contribution >= 4 is 25.8 Å². The van der Waals surface area contributed by atoms with E-state index < -0.39 is 9.84 Å². The Kier molecular flexibility index (Phi) is 7.18. The minimum absolute atomic E-state index is 0.274. The summed E-state index contributed by atoms with van der Waals surface area (Å²) >= 11 is 3.69. The van der Waals surface area contributed by atoms with Crippen LogP contribution in [0, 0.1) is 5.41 Å². The van der Waals surface area contributed by atoms with E-state index in [2.05, 4.69) is 36.7 Å². The second-order valence-corrected chi connectivity index (χ2v) is 9.00. The molecule has 4 heteroatoms. The molecule has 0 radical (unpaired) electrons. The van der Waals surface area contributed by atoms with Gasteiger partial charge in [-0.2, -0.15) is 0 Å². The van der Waals surface area contributed by atoms with Gasteiger partial charge in [-0.15, -0.1) is 0 Å². The normalized spacial score (nSPS) is 15.1. The van der Waals surface area contributed by atoms with Crippen molar-refractivity contribution in [2.24, 2.45) is 5.41 Å². The van der Waals surface area contributed by atoms with Crippen molar-refractivity contribution in [2.75, 3.05) is 11.5 Å². The highest BCUT2D eigenvalue weighted by molar-refractivity contribution is 9.09. The molecule has 0 saturated carbocycles. The minimum atomic E-state index is -2.76. The molecule has 0 aliphatic carbocycles. The summed E-state index contributed by atoms with van der Waals surface area (Å²) in [4.78, 5) is 0.516. The predicted molar refractivity (Wildman–Crippen MR) is 75.0 cm³/mol. The average molecular weight is 313 g/mol. The smallest absolute Gasteiger partial charge is 0.150 e. The third-order valence-electron chi connectivity index (χ3n) is 2.79. The number of hydrogen-bond donors (Lipinski definition) is 0. The molecule has 0 heterocycles. The minimum Gasteiger partial charge on any atom is -0.229 e. The zero-order chi connectivity index (χ0) is 12.8. The number of hydrogen-bond acceptors (Lipinski definition) is 2. The zero-order valence-corrected chi connectivity index (χ0v) is 13.3. The first kappa shape index (κ1) is 16.4. The molecule has 16 heavy (non-hydrogen) atoms. The molecule has 0 N–H and O–H groups in total. The summed E-state index contributed by atoms with van der Waals surface area (Å²) in [6.45, 7) is 8.36. The van der Waals surface area contributed by atoms with Gasteiger partial charge in [0.05, 0.1) is 5.75 Å². The lowest BCUT2D eigenvalue weighted by Crippen LogP contribution is -2.20. The molecule has 1 atom stereocenters. The standard InChI is InChI=1S/C12H25BrO2S/c1-5-16(14,15)10-8-6-7-9-11(13)12(2,3)4/h11H,5-10H2,1-4H3. The summed E-state index contributed by atoms with van der Waals surface area (Å²) in [6, 6.07) is 0. The molecular formula is C12H25BrO2S. The first-order valence-electron chi connectivity index (χ1n) is 6.03. The molecule has 0 amide bonds. The Morgan fingerprint density at radius 1 is 1.12 bits per heavy atom. The van der Waals surface area contributed by atoms with Crippen LogP contribution in [0.1, 0.15) is 53.4 Å². The van der Waals surface area contributed by atoms with Gasteiger partial charge in [0.15, 0.2) is 0 Å². The van der Waals surface area contributed by atoms with Crippen LogP contribution < -0.4 is 0 Å². The molecule has 0 aromatic rings. The Labute approximate surface area is 109 Å². The second kappa shape index (κ2) is 7.00. The van der Waals surface area contributed by atoms with E-state index in [0.29, 0.717) is 10.6 Å². The SMILES string of the molecule is CCS(=O)(=O)CCCCCC(Br)C(C)(C)C. The van der Waals surface area contributed by atoms with Crippen molar-refractivity contribution in [1.82, 2.24) is 0 Å². The largest absolute Gasteiger partial charge is 0.229 e. The van der Waals surface area contributed by atoms with Gasteiger partial charge in [0.25, 0.3) is 0 Å². The van der Waals surface area contributed by atoms with E-state index in [1.165, 1.54) is 0 Å². The molecule has 0 aliphatic rings. The van der Waals surface area contributed by atoms with E-state index in [-0.39, 0.29) is 11.2 Å². The van der Waals surface area contributed by atoms with Crippen LogP contribution in [-0.4, -0.2) is 24.8 Å². The van der Waals surface area contributed by atoms with Gasteiger partial charge < -0.3 is 0 Å². The van der Waals surface area contributed by atoms with Crippen molar-refractivity contribution in [3.8, 4) is 0 Å². The lowest BCUT2D eigenvalue weighted by molar-refractivity contribution is 0.377. The molecule has 0 aromatic carbocycles. The summed E-state index contributed by atoms with van der Waals surface area (Å²) in [5, 5.41) is 0. The molecule has 0 bridgehead atoms. The van der Waals surface area contributed by atoms with Gasteiger partial charge in [-0.1, -0.05) is 56.5 Å². The molecule has 0 rings (SSSR count). The van der Waals surface area contributed by atoms with Crippen LogP contribution in [0.25, 0.3) is 0 Å². The fraction of sp³-hybridized carbons (Fsp3) is 1.00. The molecule has 0 aliphatic heterocycles. The van der Waals surface area contributed by atoms with Gasteiger partial charge in [-0.3, -0.25) is 0 Å². The van der Waals surface area contributed by atoms with Crippen LogP contribution in [0.3, 0.4) is 0 Å². The summed E-state index contributed by atoms with van der Waals surface area (Å²) in [6.07, 6.45) is 4.04. The van der Waals surface area contributed by atoms with Crippen molar-refractivity contribution < 1.29 is 8.42 Å². The van der Waals surface area contributed by atoms with E-state index in [0.717, 1.165) is 25.7 Å². The Hall–Kier alpha value is 0.430. The number of rotatable bonds is 7. The van der Waals surface area contributed by atoms with E-state index in [1.54, 1.807) is 6.92 Å². The van der Waals surface area contributed by atoms with Crippen LogP contribution in [0.2, 0.25) is 0 Å². The number of halogens is 1. The van der Waals surface area contributed by atoms with Gasteiger partial charge in [0.1, 0.15) is 9.84 Å². The molecule has 0 spiro atoms. The lowest BCUT2D eigenvalue weighted by Gasteiger charge is -2.25. The molecule has 0 aromatic heterocycles. The van der Waals surface area contributed by atoms with Gasteiger partial charge in [0, 0.05) is 10.6 Å². The Morgan fingerprint density at radius 3 is 2.12 bits per heavy atom. The summed E-state index contributed by atoms with van der Waals surface area (Å²) in [5.41, 5.74) is 0.287. The maximum atomic E-state index is 11.2. The maximum absolute atomic E-state index is 11.2. The molecular weight excluding hydrogens is 288 g/mol. The number of alkyl halides is 1.